The van der Waals surface area contributed by atoms with Crippen LogP contribution in [0.25, 0.3) is 5.69 Å². The fourth-order valence-corrected chi connectivity index (χ4v) is 3.77. The topological polar surface area (TPSA) is 53.4 Å². The van der Waals surface area contributed by atoms with Crippen LogP contribution in [0.3, 0.4) is 0 Å². The molecule has 1 aliphatic heterocycles. The van der Waals surface area contributed by atoms with Gasteiger partial charge in [0.1, 0.15) is 0 Å². The van der Waals surface area contributed by atoms with Crippen molar-refractivity contribution in [3.05, 3.63) is 72.1 Å². The number of imidazole rings is 1. The molecule has 0 aliphatic carbocycles. The molecule has 30 heavy (non-hydrogen) atoms. The number of amides is 1. The maximum absolute atomic E-state index is 12.4. The summed E-state index contributed by atoms with van der Waals surface area (Å²) in [5, 5.41) is 3.00. The average Bonchev–Trinajstić information content (AvgIpc) is 3.25. The lowest BCUT2D eigenvalue weighted by atomic mass is 10.1. The monoisotopic (exact) mass is 403 g/mol. The standard InChI is InChI=1S/C24H29N5O/c1-3-20-6-8-21(9-7-20)26-23(30)18-27-14-16-28(17-15-27)24-25-12-13-29(24)22-10-4-19(2)5-11-22/h4-13H,3,14-18H2,1-2H3,(H,26,30). The number of aryl methyl sites for hydroxylation is 2. The maximum atomic E-state index is 12.4. The molecule has 0 saturated carbocycles. The van der Waals surface area contributed by atoms with E-state index in [0.29, 0.717) is 6.54 Å². The second kappa shape index (κ2) is 9.13. The number of hydrogen-bond donors (Lipinski definition) is 1. The number of hydrogen-bond acceptors (Lipinski definition) is 4. The first-order valence-electron chi connectivity index (χ1n) is 10.6. The minimum Gasteiger partial charge on any atom is -0.339 e. The molecule has 1 N–H and O–H groups in total. The molecule has 0 atom stereocenters. The SMILES string of the molecule is CCc1ccc(NC(=O)CN2CCN(c3nccn3-c3ccc(C)cc3)CC2)cc1. The van der Waals surface area contributed by atoms with Gasteiger partial charge in [0.2, 0.25) is 11.9 Å². The van der Waals surface area contributed by atoms with Crippen molar-refractivity contribution in [1.82, 2.24) is 14.5 Å². The highest BCUT2D eigenvalue weighted by Gasteiger charge is 2.22. The van der Waals surface area contributed by atoms with Crippen molar-refractivity contribution in [2.75, 3.05) is 42.9 Å². The highest BCUT2D eigenvalue weighted by Crippen LogP contribution is 2.20. The first-order chi connectivity index (χ1) is 14.6. The van der Waals surface area contributed by atoms with Crippen molar-refractivity contribution in [2.45, 2.75) is 20.3 Å². The van der Waals surface area contributed by atoms with Gasteiger partial charge in [0.25, 0.3) is 0 Å². The molecular formula is C24H29N5O. The van der Waals surface area contributed by atoms with E-state index in [1.165, 1.54) is 11.1 Å². The normalized spacial score (nSPS) is 14.7. The highest BCUT2D eigenvalue weighted by atomic mass is 16.2. The van der Waals surface area contributed by atoms with Crippen LogP contribution in [0.5, 0.6) is 0 Å². The van der Waals surface area contributed by atoms with Gasteiger partial charge in [-0.2, -0.15) is 0 Å². The number of nitrogens with one attached hydrogen (secondary N) is 1. The number of nitrogens with zero attached hydrogens (tertiary/aromatic N) is 4. The minimum atomic E-state index is 0.0360. The van der Waals surface area contributed by atoms with E-state index >= 15 is 0 Å². The van der Waals surface area contributed by atoms with Crippen LogP contribution in [0.1, 0.15) is 18.1 Å². The van der Waals surface area contributed by atoms with Crippen molar-refractivity contribution in [1.29, 1.82) is 0 Å². The van der Waals surface area contributed by atoms with Gasteiger partial charge < -0.3 is 10.2 Å². The van der Waals surface area contributed by atoms with Crippen molar-refractivity contribution in [3.8, 4) is 5.69 Å². The molecule has 1 aliphatic rings. The van der Waals surface area contributed by atoms with E-state index in [2.05, 4.69) is 74.9 Å². The number of anilines is 2. The van der Waals surface area contributed by atoms with Gasteiger partial charge >= 0.3 is 0 Å². The zero-order valence-electron chi connectivity index (χ0n) is 17.7. The van der Waals surface area contributed by atoms with E-state index in [1.54, 1.807) is 0 Å². The Bertz CT molecular complexity index is 970. The molecule has 0 spiro atoms. The van der Waals surface area contributed by atoms with Gasteiger partial charge in [-0.1, -0.05) is 36.8 Å². The molecule has 2 heterocycles. The van der Waals surface area contributed by atoms with Crippen molar-refractivity contribution in [3.63, 3.8) is 0 Å². The molecule has 156 valence electrons. The summed E-state index contributed by atoms with van der Waals surface area (Å²) in [6.45, 7) is 8.00. The Morgan fingerprint density at radius 3 is 2.37 bits per heavy atom. The van der Waals surface area contributed by atoms with E-state index in [1.807, 2.05) is 24.5 Å². The Balaban J connectivity index is 1.31. The van der Waals surface area contributed by atoms with E-state index in [-0.39, 0.29) is 5.91 Å². The van der Waals surface area contributed by atoms with Crippen LogP contribution in [0, 0.1) is 6.92 Å². The van der Waals surface area contributed by atoms with Crippen LogP contribution in [0.2, 0.25) is 0 Å². The Morgan fingerprint density at radius 2 is 1.70 bits per heavy atom. The summed E-state index contributed by atoms with van der Waals surface area (Å²) in [5.41, 5.74) is 4.49. The zero-order chi connectivity index (χ0) is 20.9. The Kier molecular flexibility index (Phi) is 6.14. The maximum Gasteiger partial charge on any atom is 0.238 e. The molecule has 6 heteroatoms. The van der Waals surface area contributed by atoms with Crippen LogP contribution in [0.4, 0.5) is 11.6 Å². The quantitative estimate of drug-likeness (QED) is 0.684. The number of carbonyl (C=O) groups excluding carboxylic acids is 1. The summed E-state index contributed by atoms with van der Waals surface area (Å²) < 4.78 is 2.13. The van der Waals surface area contributed by atoms with Crippen LogP contribution >= 0.6 is 0 Å². The second-order valence-electron chi connectivity index (χ2n) is 7.79. The van der Waals surface area contributed by atoms with E-state index < -0.39 is 0 Å². The van der Waals surface area contributed by atoms with Gasteiger partial charge in [0.05, 0.1) is 6.54 Å². The average molecular weight is 404 g/mol. The third kappa shape index (κ3) is 4.71. The lowest BCUT2D eigenvalue weighted by molar-refractivity contribution is -0.117. The number of benzene rings is 2. The van der Waals surface area contributed by atoms with E-state index in [4.69, 9.17) is 0 Å². The first-order valence-corrected chi connectivity index (χ1v) is 10.6. The Labute approximate surface area is 178 Å². The van der Waals surface area contributed by atoms with Gasteiger partial charge in [0.15, 0.2) is 0 Å². The van der Waals surface area contributed by atoms with E-state index in [0.717, 1.165) is 49.9 Å². The fourth-order valence-electron chi connectivity index (χ4n) is 3.77. The number of piperazine rings is 1. The van der Waals surface area contributed by atoms with Crippen molar-refractivity contribution < 1.29 is 4.79 Å². The van der Waals surface area contributed by atoms with Gasteiger partial charge in [-0.05, 0) is 43.2 Å². The second-order valence-corrected chi connectivity index (χ2v) is 7.79. The molecule has 4 rings (SSSR count). The third-order valence-corrected chi connectivity index (χ3v) is 5.60. The lowest BCUT2D eigenvalue weighted by Gasteiger charge is -2.35. The largest absolute Gasteiger partial charge is 0.339 e. The molecular weight excluding hydrogens is 374 g/mol. The van der Waals surface area contributed by atoms with Gasteiger partial charge in [-0.15, -0.1) is 0 Å². The fraction of sp³-hybridized carbons (Fsp3) is 0.333. The van der Waals surface area contributed by atoms with Crippen molar-refractivity contribution >= 4 is 17.5 Å². The van der Waals surface area contributed by atoms with Crippen molar-refractivity contribution in [2.24, 2.45) is 0 Å². The molecule has 0 unspecified atom stereocenters. The lowest BCUT2D eigenvalue weighted by Crippen LogP contribution is -2.49. The van der Waals surface area contributed by atoms with Crippen LogP contribution < -0.4 is 10.2 Å². The molecule has 2 aromatic carbocycles. The van der Waals surface area contributed by atoms with Crippen LogP contribution in [-0.2, 0) is 11.2 Å². The van der Waals surface area contributed by atoms with E-state index in [9.17, 15) is 4.79 Å². The predicted molar refractivity (Wildman–Crippen MR) is 121 cm³/mol. The molecule has 1 amide bonds. The molecule has 3 aromatic rings. The first kappa shape index (κ1) is 20.2. The molecule has 6 nitrogen and oxygen atoms in total. The van der Waals surface area contributed by atoms with Gasteiger partial charge in [-0.25, -0.2) is 4.98 Å². The summed E-state index contributed by atoms with van der Waals surface area (Å²) >= 11 is 0. The highest BCUT2D eigenvalue weighted by molar-refractivity contribution is 5.92. The summed E-state index contributed by atoms with van der Waals surface area (Å²) in [4.78, 5) is 21.5. The molecule has 0 radical (unpaired) electrons. The summed E-state index contributed by atoms with van der Waals surface area (Å²) in [6.07, 6.45) is 4.85. The molecule has 1 saturated heterocycles. The Hall–Kier alpha value is -3.12. The molecule has 1 fully saturated rings. The Morgan fingerprint density at radius 1 is 1.00 bits per heavy atom. The number of aromatic nitrogens is 2. The summed E-state index contributed by atoms with van der Waals surface area (Å²) in [6, 6.07) is 16.5. The minimum absolute atomic E-state index is 0.0360. The molecule has 1 aromatic heterocycles. The summed E-state index contributed by atoms with van der Waals surface area (Å²) in [5.74, 6) is 0.993. The van der Waals surface area contributed by atoms with Gasteiger partial charge in [0, 0.05) is 49.9 Å². The van der Waals surface area contributed by atoms with Gasteiger partial charge in [-0.3, -0.25) is 14.3 Å². The third-order valence-electron chi connectivity index (χ3n) is 5.60. The molecule has 0 bridgehead atoms. The predicted octanol–water partition coefficient (Wildman–Crippen LogP) is 3.50. The van der Waals surface area contributed by atoms with Crippen LogP contribution in [0.15, 0.2) is 60.9 Å². The number of rotatable bonds is 6. The summed E-state index contributed by atoms with van der Waals surface area (Å²) in [7, 11) is 0. The van der Waals surface area contributed by atoms with Crippen LogP contribution in [-0.4, -0.2) is 53.1 Å². The zero-order valence-corrected chi connectivity index (χ0v) is 17.7. The smallest absolute Gasteiger partial charge is 0.238 e. The number of carbonyl (C=O) groups is 1.